The molecule has 1 N–H and O–H groups in total. The van der Waals surface area contributed by atoms with Gasteiger partial charge in [0.2, 0.25) is 0 Å². The first-order chi connectivity index (χ1) is 13.0. The molecule has 4 aromatic rings. The molecule has 0 bridgehead atoms. The van der Waals surface area contributed by atoms with Crippen LogP contribution in [0.15, 0.2) is 54.7 Å². The van der Waals surface area contributed by atoms with Crippen molar-refractivity contribution in [3.63, 3.8) is 0 Å². The van der Waals surface area contributed by atoms with E-state index in [-0.39, 0.29) is 5.91 Å². The van der Waals surface area contributed by atoms with Crippen molar-refractivity contribution in [2.24, 2.45) is 7.05 Å². The van der Waals surface area contributed by atoms with E-state index in [1.807, 2.05) is 63.4 Å². The van der Waals surface area contributed by atoms with Crippen LogP contribution in [0.3, 0.4) is 0 Å². The van der Waals surface area contributed by atoms with E-state index in [1.54, 1.807) is 16.9 Å². The van der Waals surface area contributed by atoms with Crippen molar-refractivity contribution in [1.82, 2.24) is 19.7 Å². The molecule has 0 radical (unpaired) electrons. The van der Waals surface area contributed by atoms with Crippen LogP contribution >= 0.6 is 0 Å². The second-order valence-corrected chi connectivity index (χ2v) is 6.45. The van der Waals surface area contributed by atoms with Crippen LogP contribution in [0.25, 0.3) is 22.3 Å². The molecule has 0 unspecified atom stereocenters. The normalized spacial score (nSPS) is 10.9. The highest BCUT2D eigenvalue weighted by Crippen LogP contribution is 2.22. The Morgan fingerprint density at radius 2 is 1.81 bits per heavy atom. The molecule has 0 aliphatic carbocycles. The Bertz CT molecular complexity index is 1150. The zero-order valence-electron chi connectivity index (χ0n) is 15.4. The van der Waals surface area contributed by atoms with E-state index in [0.717, 1.165) is 28.0 Å². The lowest BCUT2D eigenvalue weighted by molar-refractivity contribution is 0.102. The summed E-state index contributed by atoms with van der Waals surface area (Å²) < 4.78 is 1.73. The molecule has 27 heavy (non-hydrogen) atoms. The fourth-order valence-electron chi connectivity index (χ4n) is 3.15. The number of nitrogens with one attached hydrogen (secondary N) is 1. The third-order valence-electron chi connectivity index (χ3n) is 4.52. The van der Waals surface area contributed by atoms with E-state index in [9.17, 15) is 4.79 Å². The van der Waals surface area contributed by atoms with Crippen molar-refractivity contribution in [3.8, 4) is 11.3 Å². The molecule has 0 aliphatic rings. The maximum absolute atomic E-state index is 12.7. The molecule has 134 valence electrons. The monoisotopic (exact) mass is 357 g/mol. The highest BCUT2D eigenvalue weighted by atomic mass is 16.1. The predicted molar refractivity (Wildman–Crippen MR) is 106 cm³/mol. The van der Waals surface area contributed by atoms with Gasteiger partial charge in [0.05, 0.1) is 34.5 Å². The van der Waals surface area contributed by atoms with Crippen molar-refractivity contribution >= 4 is 22.6 Å². The number of carbonyl (C=O) groups excluding carboxylic acids is 1. The number of nitrogens with zero attached hydrogens (tertiary/aromatic N) is 4. The molecule has 0 aliphatic heterocycles. The van der Waals surface area contributed by atoms with E-state index in [4.69, 9.17) is 0 Å². The highest BCUT2D eigenvalue weighted by molar-refractivity contribution is 6.05. The number of carbonyl (C=O) groups is 1. The number of aryl methyl sites for hydroxylation is 3. The summed E-state index contributed by atoms with van der Waals surface area (Å²) in [6.45, 7) is 3.76. The molecular formula is C21H19N5O. The summed E-state index contributed by atoms with van der Waals surface area (Å²) in [5, 5.41) is 8.18. The second kappa shape index (κ2) is 6.64. The van der Waals surface area contributed by atoms with Crippen LogP contribution < -0.4 is 5.32 Å². The summed E-state index contributed by atoms with van der Waals surface area (Å²) in [6, 6.07) is 15.5. The predicted octanol–water partition coefficient (Wildman–Crippen LogP) is 3.90. The van der Waals surface area contributed by atoms with Crippen LogP contribution in [-0.2, 0) is 7.05 Å². The molecule has 0 saturated heterocycles. The Labute approximate surface area is 156 Å². The number of amides is 1. The minimum Gasteiger partial charge on any atom is -0.321 e. The van der Waals surface area contributed by atoms with Gasteiger partial charge in [-0.15, -0.1) is 0 Å². The van der Waals surface area contributed by atoms with Gasteiger partial charge in [0.25, 0.3) is 5.91 Å². The Morgan fingerprint density at radius 1 is 1.04 bits per heavy atom. The molecule has 0 atom stereocenters. The number of rotatable bonds is 3. The smallest absolute Gasteiger partial charge is 0.257 e. The van der Waals surface area contributed by atoms with E-state index < -0.39 is 0 Å². The van der Waals surface area contributed by atoms with E-state index >= 15 is 0 Å². The first-order valence-corrected chi connectivity index (χ1v) is 8.66. The molecule has 1 aromatic carbocycles. The van der Waals surface area contributed by atoms with Crippen molar-refractivity contribution in [1.29, 1.82) is 0 Å². The molecule has 3 aromatic heterocycles. The van der Waals surface area contributed by atoms with Gasteiger partial charge in [0.1, 0.15) is 0 Å². The molecular weight excluding hydrogens is 338 g/mol. The minimum absolute atomic E-state index is 0.206. The van der Waals surface area contributed by atoms with Gasteiger partial charge in [-0.05, 0) is 32.0 Å². The summed E-state index contributed by atoms with van der Waals surface area (Å²) >= 11 is 0. The molecule has 0 saturated carbocycles. The van der Waals surface area contributed by atoms with Crippen LogP contribution in [0.2, 0.25) is 0 Å². The third kappa shape index (κ3) is 3.17. The Morgan fingerprint density at radius 3 is 2.56 bits per heavy atom. The lowest BCUT2D eigenvalue weighted by Crippen LogP contribution is -2.14. The van der Waals surface area contributed by atoms with Crippen LogP contribution in [0.4, 0.5) is 5.69 Å². The third-order valence-corrected chi connectivity index (χ3v) is 4.52. The number of hydrogen-bond acceptors (Lipinski definition) is 4. The number of anilines is 1. The fraction of sp³-hybridized carbons (Fsp3) is 0.143. The summed E-state index contributed by atoms with van der Waals surface area (Å²) in [7, 11) is 1.85. The van der Waals surface area contributed by atoms with Crippen LogP contribution in [0.1, 0.15) is 21.7 Å². The number of aromatic nitrogens is 4. The summed E-state index contributed by atoms with van der Waals surface area (Å²) in [4.78, 5) is 21.7. The van der Waals surface area contributed by atoms with Crippen molar-refractivity contribution in [2.75, 3.05) is 5.32 Å². The van der Waals surface area contributed by atoms with Gasteiger partial charge < -0.3 is 5.32 Å². The molecule has 3 heterocycles. The average molecular weight is 357 g/mol. The first kappa shape index (κ1) is 16.9. The number of hydrogen-bond donors (Lipinski definition) is 1. The van der Waals surface area contributed by atoms with Crippen molar-refractivity contribution in [3.05, 3.63) is 71.7 Å². The van der Waals surface area contributed by atoms with Crippen molar-refractivity contribution < 1.29 is 4.79 Å². The largest absolute Gasteiger partial charge is 0.321 e. The maximum atomic E-state index is 12.7. The van der Waals surface area contributed by atoms with Gasteiger partial charge in [-0.3, -0.25) is 14.5 Å². The first-order valence-electron chi connectivity index (χ1n) is 8.66. The lowest BCUT2D eigenvalue weighted by Gasteiger charge is -2.09. The quantitative estimate of drug-likeness (QED) is 0.603. The van der Waals surface area contributed by atoms with Crippen LogP contribution in [0.5, 0.6) is 0 Å². The zero-order valence-corrected chi connectivity index (χ0v) is 15.4. The fourth-order valence-corrected chi connectivity index (χ4v) is 3.15. The minimum atomic E-state index is -0.206. The van der Waals surface area contributed by atoms with E-state index in [2.05, 4.69) is 20.4 Å². The van der Waals surface area contributed by atoms with E-state index in [0.29, 0.717) is 16.9 Å². The van der Waals surface area contributed by atoms with E-state index in [1.165, 1.54) is 0 Å². The van der Waals surface area contributed by atoms with Gasteiger partial charge in [-0.1, -0.05) is 30.3 Å². The number of benzene rings is 1. The molecule has 0 spiro atoms. The van der Waals surface area contributed by atoms with Crippen LogP contribution in [0, 0.1) is 13.8 Å². The molecule has 4 rings (SSSR count). The average Bonchev–Trinajstić information content (AvgIpc) is 2.95. The summed E-state index contributed by atoms with van der Waals surface area (Å²) in [5.41, 5.74) is 5.39. The van der Waals surface area contributed by atoms with Crippen molar-refractivity contribution in [2.45, 2.75) is 13.8 Å². The summed E-state index contributed by atoms with van der Waals surface area (Å²) in [6.07, 6.45) is 1.64. The standard InChI is InChI=1S/C21H19N5O/c1-13-17(9-10-19(23-13)15-7-5-4-6-8-15)21(27)24-16-11-18-14(2)25-26(3)20(18)22-12-16/h4-12H,1-3H3,(H,24,27). The maximum Gasteiger partial charge on any atom is 0.257 e. The molecule has 6 nitrogen and oxygen atoms in total. The van der Waals surface area contributed by atoms with Crippen LogP contribution in [-0.4, -0.2) is 25.7 Å². The number of pyridine rings is 2. The Kier molecular flexibility index (Phi) is 4.16. The van der Waals surface area contributed by atoms with Gasteiger partial charge in [0, 0.05) is 18.0 Å². The Hall–Kier alpha value is -3.54. The van der Waals surface area contributed by atoms with Gasteiger partial charge in [-0.2, -0.15) is 5.10 Å². The topological polar surface area (TPSA) is 72.7 Å². The molecule has 0 fully saturated rings. The molecule has 6 heteroatoms. The number of fused-ring (bicyclic) bond motifs is 1. The molecule has 1 amide bonds. The zero-order chi connectivity index (χ0) is 19.0. The van der Waals surface area contributed by atoms with Gasteiger partial charge in [0.15, 0.2) is 5.65 Å². The van der Waals surface area contributed by atoms with Gasteiger partial charge >= 0.3 is 0 Å². The highest BCUT2D eigenvalue weighted by Gasteiger charge is 2.13. The van der Waals surface area contributed by atoms with Gasteiger partial charge in [-0.25, -0.2) is 4.98 Å². The Balaban J connectivity index is 1.61. The lowest BCUT2D eigenvalue weighted by atomic mass is 10.1. The SMILES string of the molecule is Cc1nc(-c2ccccc2)ccc1C(=O)Nc1cnc2c(c1)c(C)nn2C. The summed E-state index contributed by atoms with van der Waals surface area (Å²) in [5.74, 6) is -0.206. The second-order valence-electron chi connectivity index (χ2n) is 6.45.